The third-order valence-electron chi connectivity index (χ3n) is 8.05. The Kier molecular flexibility index (Phi) is 5.82. The van der Waals surface area contributed by atoms with Crippen LogP contribution in [0.15, 0.2) is 168 Å². The van der Waals surface area contributed by atoms with Crippen molar-refractivity contribution in [2.24, 2.45) is 0 Å². The first kappa shape index (κ1) is 24.2. The van der Waals surface area contributed by atoms with Gasteiger partial charge in [0.15, 0.2) is 0 Å². The van der Waals surface area contributed by atoms with Crippen LogP contribution >= 0.6 is 0 Å². The minimum absolute atomic E-state index is 0.895. The van der Waals surface area contributed by atoms with E-state index < -0.39 is 0 Å². The van der Waals surface area contributed by atoms with E-state index in [0.29, 0.717) is 0 Å². The number of furan rings is 1. The SMILES string of the molecule is c1ccc(-c2ccc(N(c3ccccc3)c3ccccc3-c3cccc4oc5cc6ccccc6cc5c34)cc2)cc1. The number of benzene rings is 7. The lowest BCUT2D eigenvalue weighted by molar-refractivity contribution is 0.669. The van der Waals surface area contributed by atoms with Gasteiger partial charge in [-0.25, -0.2) is 0 Å². The molecule has 0 bridgehead atoms. The average Bonchev–Trinajstić information content (AvgIpc) is 3.43. The van der Waals surface area contributed by atoms with Crippen LogP contribution in [0, 0.1) is 0 Å². The van der Waals surface area contributed by atoms with Gasteiger partial charge in [-0.2, -0.15) is 0 Å². The molecular weight excluding hydrogens is 510 g/mol. The molecule has 0 unspecified atom stereocenters. The molecular formula is C40H27NO. The lowest BCUT2D eigenvalue weighted by atomic mass is 9.96. The van der Waals surface area contributed by atoms with Crippen LogP contribution in [0.2, 0.25) is 0 Å². The lowest BCUT2D eigenvalue weighted by Gasteiger charge is -2.28. The van der Waals surface area contributed by atoms with Gasteiger partial charge >= 0.3 is 0 Å². The molecule has 198 valence electrons. The summed E-state index contributed by atoms with van der Waals surface area (Å²) < 4.78 is 6.43. The second-order valence-corrected chi connectivity index (χ2v) is 10.6. The largest absolute Gasteiger partial charge is 0.456 e. The van der Waals surface area contributed by atoms with Gasteiger partial charge in [-0.05, 0) is 76.0 Å². The van der Waals surface area contributed by atoms with Crippen molar-refractivity contribution in [2.45, 2.75) is 0 Å². The van der Waals surface area contributed by atoms with Crippen molar-refractivity contribution in [3.05, 3.63) is 164 Å². The first-order valence-corrected chi connectivity index (χ1v) is 14.3. The summed E-state index contributed by atoms with van der Waals surface area (Å²) in [5.74, 6) is 0. The van der Waals surface area contributed by atoms with Gasteiger partial charge < -0.3 is 9.32 Å². The Bertz CT molecular complexity index is 2180. The van der Waals surface area contributed by atoms with E-state index in [-0.39, 0.29) is 0 Å². The van der Waals surface area contributed by atoms with Crippen molar-refractivity contribution in [3.63, 3.8) is 0 Å². The first-order chi connectivity index (χ1) is 20.8. The zero-order valence-electron chi connectivity index (χ0n) is 22.9. The Balaban J connectivity index is 1.34. The summed E-state index contributed by atoms with van der Waals surface area (Å²) in [6.07, 6.45) is 0. The van der Waals surface area contributed by atoms with Gasteiger partial charge in [0.05, 0.1) is 5.69 Å². The summed E-state index contributed by atoms with van der Waals surface area (Å²) >= 11 is 0. The highest BCUT2D eigenvalue weighted by Crippen LogP contribution is 2.45. The van der Waals surface area contributed by atoms with E-state index in [9.17, 15) is 0 Å². The second kappa shape index (κ2) is 10.1. The highest BCUT2D eigenvalue weighted by Gasteiger charge is 2.20. The molecule has 0 radical (unpaired) electrons. The smallest absolute Gasteiger partial charge is 0.136 e. The molecule has 0 aliphatic carbocycles. The maximum Gasteiger partial charge on any atom is 0.136 e. The summed E-state index contributed by atoms with van der Waals surface area (Å²) in [5.41, 5.74) is 9.82. The Hall–Kier alpha value is -5.60. The fourth-order valence-electron chi connectivity index (χ4n) is 6.07. The Morgan fingerprint density at radius 1 is 0.405 bits per heavy atom. The summed E-state index contributed by atoms with van der Waals surface area (Å²) in [6.45, 7) is 0. The number of hydrogen-bond donors (Lipinski definition) is 0. The molecule has 0 aliphatic heterocycles. The van der Waals surface area contributed by atoms with Crippen LogP contribution in [0.5, 0.6) is 0 Å². The van der Waals surface area contributed by atoms with Gasteiger partial charge in [-0.1, -0.05) is 115 Å². The predicted octanol–water partition coefficient (Wildman–Crippen LogP) is 11.5. The molecule has 8 aromatic rings. The fraction of sp³-hybridized carbons (Fsp3) is 0. The average molecular weight is 538 g/mol. The van der Waals surface area contributed by atoms with Crippen molar-refractivity contribution in [1.82, 2.24) is 0 Å². The summed E-state index contributed by atoms with van der Waals surface area (Å²) in [4.78, 5) is 2.35. The Labute approximate surface area is 244 Å². The number of anilines is 3. The van der Waals surface area contributed by atoms with Crippen molar-refractivity contribution in [3.8, 4) is 22.3 Å². The quantitative estimate of drug-likeness (QED) is 0.217. The summed E-state index contributed by atoms with van der Waals surface area (Å²) in [5, 5.41) is 4.66. The van der Waals surface area contributed by atoms with Crippen LogP contribution in [-0.2, 0) is 0 Å². The first-order valence-electron chi connectivity index (χ1n) is 14.3. The molecule has 8 rings (SSSR count). The van der Waals surface area contributed by atoms with E-state index >= 15 is 0 Å². The third-order valence-corrected chi connectivity index (χ3v) is 8.05. The van der Waals surface area contributed by atoms with Crippen molar-refractivity contribution in [2.75, 3.05) is 4.90 Å². The maximum absolute atomic E-state index is 6.43. The van der Waals surface area contributed by atoms with Gasteiger partial charge in [0, 0.05) is 27.7 Å². The monoisotopic (exact) mass is 537 g/mol. The van der Waals surface area contributed by atoms with Gasteiger partial charge in [0.1, 0.15) is 11.2 Å². The molecule has 0 aliphatic rings. The molecule has 7 aromatic carbocycles. The molecule has 0 saturated heterocycles. The van der Waals surface area contributed by atoms with E-state index in [4.69, 9.17) is 4.42 Å². The van der Waals surface area contributed by atoms with Crippen LogP contribution in [0.4, 0.5) is 17.1 Å². The van der Waals surface area contributed by atoms with Gasteiger partial charge in [-0.15, -0.1) is 0 Å². The minimum Gasteiger partial charge on any atom is -0.456 e. The molecule has 2 heteroatoms. The zero-order chi connectivity index (χ0) is 27.9. The topological polar surface area (TPSA) is 16.4 Å². The Morgan fingerprint density at radius 3 is 1.79 bits per heavy atom. The van der Waals surface area contributed by atoms with Crippen LogP contribution in [0.1, 0.15) is 0 Å². The fourth-order valence-corrected chi connectivity index (χ4v) is 6.07. The summed E-state index contributed by atoms with van der Waals surface area (Å²) in [7, 11) is 0. The van der Waals surface area contributed by atoms with Crippen LogP contribution in [0.25, 0.3) is 55.0 Å². The predicted molar refractivity (Wildman–Crippen MR) is 177 cm³/mol. The molecule has 42 heavy (non-hydrogen) atoms. The van der Waals surface area contributed by atoms with Gasteiger partial charge in [-0.3, -0.25) is 0 Å². The van der Waals surface area contributed by atoms with E-state index in [1.165, 1.54) is 21.9 Å². The van der Waals surface area contributed by atoms with Crippen LogP contribution < -0.4 is 4.90 Å². The Morgan fingerprint density at radius 2 is 1.00 bits per heavy atom. The van der Waals surface area contributed by atoms with Crippen molar-refractivity contribution >= 4 is 49.8 Å². The number of fused-ring (bicyclic) bond motifs is 4. The molecule has 0 atom stereocenters. The van der Waals surface area contributed by atoms with Crippen LogP contribution in [-0.4, -0.2) is 0 Å². The highest BCUT2D eigenvalue weighted by atomic mass is 16.3. The van der Waals surface area contributed by atoms with Crippen molar-refractivity contribution in [1.29, 1.82) is 0 Å². The minimum atomic E-state index is 0.895. The standard InChI is InChI=1S/C40H27NO/c1-3-12-28(13-4-1)29-22-24-33(25-23-29)41(32-16-5-2-6-17-32)37-20-10-9-18-34(37)35-19-11-21-38-40(35)36-26-30-14-7-8-15-31(30)27-39(36)42-38/h1-27H. The molecule has 0 fully saturated rings. The van der Waals surface area contributed by atoms with Crippen molar-refractivity contribution < 1.29 is 4.42 Å². The van der Waals surface area contributed by atoms with Crippen LogP contribution in [0.3, 0.4) is 0 Å². The molecule has 0 amide bonds. The van der Waals surface area contributed by atoms with E-state index in [0.717, 1.165) is 50.1 Å². The second-order valence-electron chi connectivity index (χ2n) is 10.6. The normalized spacial score (nSPS) is 11.3. The maximum atomic E-state index is 6.43. The zero-order valence-corrected chi connectivity index (χ0v) is 22.9. The molecule has 2 nitrogen and oxygen atoms in total. The lowest BCUT2D eigenvalue weighted by Crippen LogP contribution is -2.11. The molecule has 1 heterocycles. The molecule has 0 saturated carbocycles. The van der Waals surface area contributed by atoms with Gasteiger partial charge in [0.25, 0.3) is 0 Å². The molecule has 0 N–H and O–H groups in total. The van der Waals surface area contributed by atoms with E-state index in [1.807, 2.05) is 0 Å². The number of hydrogen-bond acceptors (Lipinski definition) is 2. The third kappa shape index (κ3) is 4.13. The molecule has 0 spiro atoms. The van der Waals surface area contributed by atoms with Gasteiger partial charge in [0.2, 0.25) is 0 Å². The molecule has 1 aromatic heterocycles. The van der Waals surface area contributed by atoms with E-state index in [2.05, 4.69) is 169 Å². The number of para-hydroxylation sites is 2. The summed E-state index contributed by atoms with van der Waals surface area (Å²) in [6, 6.07) is 57.9. The number of rotatable bonds is 5. The highest BCUT2D eigenvalue weighted by molar-refractivity contribution is 6.16. The van der Waals surface area contributed by atoms with E-state index in [1.54, 1.807) is 0 Å². The number of nitrogens with zero attached hydrogens (tertiary/aromatic N) is 1.